The molecule has 1 fully saturated rings. The van der Waals surface area contributed by atoms with Crippen molar-refractivity contribution in [1.82, 2.24) is 10.1 Å². The van der Waals surface area contributed by atoms with Crippen molar-refractivity contribution in [2.24, 2.45) is 5.73 Å². The number of hydrogen-bond acceptors (Lipinski definition) is 4. The molecule has 1 aliphatic rings. The van der Waals surface area contributed by atoms with Gasteiger partial charge in [0.05, 0.1) is 12.0 Å². The first-order valence-electron chi connectivity index (χ1n) is 6.33. The Morgan fingerprint density at radius 2 is 1.95 bits per heavy atom. The van der Waals surface area contributed by atoms with E-state index in [1.54, 1.807) is 0 Å². The Morgan fingerprint density at radius 1 is 1.26 bits per heavy atom. The number of nitrogens with zero attached hydrogens (tertiary/aromatic N) is 2. The fraction of sp³-hybridized carbons (Fsp3) is 0.429. The van der Waals surface area contributed by atoms with Gasteiger partial charge in [-0.2, -0.15) is 4.98 Å². The molecule has 2 N–H and O–H groups in total. The first kappa shape index (κ1) is 14.0. The maximum Gasteiger partial charge on any atom is 0.231 e. The molecule has 1 heterocycles. The molecule has 1 aromatic carbocycles. The van der Waals surface area contributed by atoms with E-state index >= 15 is 0 Å². The summed E-state index contributed by atoms with van der Waals surface area (Å²) in [7, 11) is 0. The van der Waals surface area contributed by atoms with Crippen LogP contribution in [0.15, 0.2) is 28.8 Å². The lowest BCUT2D eigenvalue weighted by Gasteiger charge is -2.34. The summed E-state index contributed by atoms with van der Waals surface area (Å²) in [5, 5.41) is 4.01. The third kappa shape index (κ3) is 2.80. The molecule has 2 aromatic rings. The van der Waals surface area contributed by atoms with Gasteiger partial charge in [-0.25, -0.2) is 0 Å². The van der Waals surface area contributed by atoms with Crippen molar-refractivity contribution in [3.8, 4) is 0 Å². The molecule has 0 saturated heterocycles. The summed E-state index contributed by atoms with van der Waals surface area (Å²) < 4.78 is 5.28. The van der Waals surface area contributed by atoms with Crippen LogP contribution in [0, 0.1) is 6.92 Å². The standard InChI is InChI=1S/C14H17N3O.ClH/c1-10-3-5-11(6-4-10)9-12-16-13(17-18-12)14(15)7-2-8-14;/h3-6H,2,7-9,15H2,1H3;1H. The number of halogens is 1. The maximum absolute atomic E-state index is 6.17. The molecule has 1 aliphatic carbocycles. The normalized spacial score (nSPS) is 16.5. The van der Waals surface area contributed by atoms with Crippen LogP contribution in [-0.4, -0.2) is 10.1 Å². The van der Waals surface area contributed by atoms with E-state index in [2.05, 4.69) is 41.3 Å². The van der Waals surface area contributed by atoms with Crippen LogP contribution in [0.25, 0.3) is 0 Å². The molecular weight excluding hydrogens is 262 g/mol. The SMILES string of the molecule is Cc1ccc(Cc2nc(C3(N)CCC3)no2)cc1.Cl. The highest BCUT2D eigenvalue weighted by molar-refractivity contribution is 5.85. The minimum absolute atomic E-state index is 0. The first-order valence-corrected chi connectivity index (χ1v) is 6.33. The van der Waals surface area contributed by atoms with Gasteiger partial charge in [-0.1, -0.05) is 35.0 Å². The van der Waals surface area contributed by atoms with Gasteiger partial charge in [0.2, 0.25) is 5.89 Å². The third-order valence-corrected chi connectivity index (χ3v) is 3.64. The molecule has 3 rings (SSSR count). The van der Waals surface area contributed by atoms with Gasteiger partial charge in [-0.05, 0) is 31.7 Å². The minimum atomic E-state index is -0.338. The average molecular weight is 280 g/mol. The van der Waals surface area contributed by atoms with Crippen molar-refractivity contribution in [1.29, 1.82) is 0 Å². The van der Waals surface area contributed by atoms with E-state index < -0.39 is 0 Å². The summed E-state index contributed by atoms with van der Waals surface area (Å²) in [4.78, 5) is 4.42. The van der Waals surface area contributed by atoms with Crippen molar-refractivity contribution < 1.29 is 4.52 Å². The zero-order valence-corrected chi connectivity index (χ0v) is 11.7. The van der Waals surface area contributed by atoms with E-state index in [-0.39, 0.29) is 17.9 Å². The zero-order valence-electron chi connectivity index (χ0n) is 10.9. The fourth-order valence-corrected chi connectivity index (χ4v) is 2.19. The van der Waals surface area contributed by atoms with Gasteiger partial charge in [-0.3, -0.25) is 0 Å². The molecule has 0 radical (unpaired) electrons. The van der Waals surface area contributed by atoms with Crippen LogP contribution >= 0.6 is 12.4 Å². The molecule has 1 aromatic heterocycles. The monoisotopic (exact) mass is 279 g/mol. The fourth-order valence-electron chi connectivity index (χ4n) is 2.19. The van der Waals surface area contributed by atoms with Crippen molar-refractivity contribution in [3.05, 3.63) is 47.1 Å². The molecule has 4 nitrogen and oxygen atoms in total. The molecule has 0 bridgehead atoms. The number of rotatable bonds is 3. The van der Waals surface area contributed by atoms with Crippen molar-refractivity contribution in [3.63, 3.8) is 0 Å². The number of aromatic nitrogens is 2. The highest BCUT2D eigenvalue weighted by Crippen LogP contribution is 2.36. The number of nitrogens with two attached hydrogens (primary N) is 1. The molecule has 19 heavy (non-hydrogen) atoms. The third-order valence-electron chi connectivity index (χ3n) is 3.64. The van der Waals surface area contributed by atoms with Gasteiger partial charge in [-0.15, -0.1) is 12.4 Å². The van der Waals surface area contributed by atoms with E-state index in [0.29, 0.717) is 18.1 Å². The largest absolute Gasteiger partial charge is 0.339 e. The van der Waals surface area contributed by atoms with Crippen LogP contribution in [0.2, 0.25) is 0 Å². The summed E-state index contributed by atoms with van der Waals surface area (Å²) in [5.74, 6) is 1.31. The van der Waals surface area contributed by atoms with Crippen LogP contribution in [0.3, 0.4) is 0 Å². The Balaban J connectivity index is 0.00000133. The van der Waals surface area contributed by atoms with Gasteiger partial charge < -0.3 is 10.3 Å². The smallest absolute Gasteiger partial charge is 0.231 e. The Labute approximate surface area is 118 Å². The quantitative estimate of drug-likeness (QED) is 0.938. The van der Waals surface area contributed by atoms with Crippen LogP contribution in [0.4, 0.5) is 0 Å². The Morgan fingerprint density at radius 3 is 2.53 bits per heavy atom. The number of hydrogen-bond donors (Lipinski definition) is 1. The molecule has 0 unspecified atom stereocenters. The zero-order chi connectivity index (χ0) is 12.6. The molecule has 0 aliphatic heterocycles. The summed E-state index contributed by atoms with van der Waals surface area (Å²) in [6.07, 6.45) is 3.73. The Hall–Kier alpha value is -1.39. The van der Waals surface area contributed by atoms with Gasteiger partial charge >= 0.3 is 0 Å². The second-order valence-corrected chi connectivity index (χ2v) is 5.18. The minimum Gasteiger partial charge on any atom is -0.339 e. The van der Waals surface area contributed by atoms with Crippen molar-refractivity contribution >= 4 is 12.4 Å². The van der Waals surface area contributed by atoms with E-state index in [1.165, 1.54) is 11.1 Å². The molecule has 5 heteroatoms. The predicted molar refractivity (Wildman–Crippen MR) is 75.2 cm³/mol. The lowest BCUT2D eigenvalue weighted by atomic mass is 9.77. The average Bonchev–Trinajstić information content (AvgIpc) is 2.78. The Bertz CT molecular complexity index is 546. The van der Waals surface area contributed by atoms with Gasteiger partial charge in [0.25, 0.3) is 0 Å². The predicted octanol–water partition coefficient (Wildman–Crippen LogP) is 2.73. The number of aryl methyl sites for hydroxylation is 1. The second kappa shape index (κ2) is 5.31. The van der Waals surface area contributed by atoms with Crippen molar-refractivity contribution in [2.75, 3.05) is 0 Å². The van der Waals surface area contributed by atoms with Gasteiger partial charge in [0, 0.05) is 0 Å². The lowest BCUT2D eigenvalue weighted by Crippen LogP contribution is -2.44. The van der Waals surface area contributed by atoms with E-state index in [0.717, 1.165) is 19.3 Å². The van der Waals surface area contributed by atoms with Crippen LogP contribution in [-0.2, 0) is 12.0 Å². The van der Waals surface area contributed by atoms with Crippen LogP contribution < -0.4 is 5.73 Å². The van der Waals surface area contributed by atoms with Gasteiger partial charge in [0.1, 0.15) is 0 Å². The lowest BCUT2D eigenvalue weighted by molar-refractivity contribution is 0.229. The molecule has 0 atom stereocenters. The summed E-state index contributed by atoms with van der Waals surface area (Å²) >= 11 is 0. The molecule has 0 spiro atoms. The highest BCUT2D eigenvalue weighted by atomic mass is 35.5. The van der Waals surface area contributed by atoms with Crippen molar-refractivity contribution in [2.45, 2.75) is 38.1 Å². The second-order valence-electron chi connectivity index (χ2n) is 5.18. The summed E-state index contributed by atoms with van der Waals surface area (Å²) in [6, 6.07) is 8.34. The first-order chi connectivity index (χ1) is 8.66. The van der Waals surface area contributed by atoms with E-state index in [4.69, 9.17) is 10.3 Å². The maximum atomic E-state index is 6.17. The van der Waals surface area contributed by atoms with Crippen LogP contribution in [0.1, 0.15) is 42.1 Å². The Kier molecular flexibility index (Phi) is 3.92. The summed E-state index contributed by atoms with van der Waals surface area (Å²) in [5.41, 5.74) is 8.25. The molecule has 102 valence electrons. The van der Waals surface area contributed by atoms with Gasteiger partial charge in [0.15, 0.2) is 5.82 Å². The van der Waals surface area contributed by atoms with E-state index in [9.17, 15) is 0 Å². The highest BCUT2D eigenvalue weighted by Gasteiger charge is 2.38. The number of benzene rings is 1. The molecule has 1 saturated carbocycles. The van der Waals surface area contributed by atoms with E-state index in [1.807, 2.05) is 0 Å². The molecule has 0 amide bonds. The summed E-state index contributed by atoms with van der Waals surface area (Å²) in [6.45, 7) is 2.07. The van der Waals surface area contributed by atoms with Crippen LogP contribution in [0.5, 0.6) is 0 Å². The topological polar surface area (TPSA) is 64.9 Å². The molecular formula is C14H18ClN3O.